The van der Waals surface area contributed by atoms with E-state index in [0.717, 1.165) is 45.8 Å². The molecule has 0 radical (unpaired) electrons. The Kier molecular flexibility index (Phi) is 5.39. The van der Waals surface area contributed by atoms with Gasteiger partial charge in [-0.2, -0.15) is 0 Å². The van der Waals surface area contributed by atoms with Crippen molar-refractivity contribution in [1.82, 2.24) is 10.3 Å². The van der Waals surface area contributed by atoms with Crippen LogP contribution in [-0.2, 0) is 0 Å². The number of nitrogens with zero attached hydrogens (tertiary/aromatic N) is 1. The molecular formula is C23H25N3O3S. The van der Waals surface area contributed by atoms with Crippen LogP contribution in [0, 0.1) is 0 Å². The maximum absolute atomic E-state index is 6.17. The molecule has 1 aliphatic heterocycles. The van der Waals surface area contributed by atoms with Gasteiger partial charge in [0.15, 0.2) is 5.11 Å². The van der Waals surface area contributed by atoms with Gasteiger partial charge < -0.3 is 24.8 Å². The van der Waals surface area contributed by atoms with Crippen LogP contribution in [0.4, 0.5) is 5.69 Å². The fraction of sp³-hybridized carbons (Fsp3) is 0.304. The zero-order valence-corrected chi connectivity index (χ0v) is 18.3. The van der Waals surface area contributed by atoms with Gasteiger partial charge in [0.05, 0.1) is 20.3 Å². The molecule has 1 atom stereocenters. The first-order valence-corrected chi connectivity index (χ1v) is 10.2. The van der Waals surface area contributed by atoms with Gasteiger partial charge in [0, 0.05) is 35.3 Å². The predicted octanol–water partition coefficient (Wildman–Crippen LogP) is 4.84. The quantitative estimate of drug-likeness (QED) is 0.582. The summed E-state index contributed by atoms with van der Waals surface area (Å²) in [6, 6.07) is 13.6. The molecule has 7 heteroatoms. The van der Waals surface area contributed by atoms with Gasteiger partial charge in [0.1, 0.15) is 28.4 Å². The van der Waals surface area contributed by atoms with E-state index in [0.29, 0.717) is 5.11 Å². The molecule has 4 rings (SSSR count). The number of pyridine rings is 1. The van der Waals surface area contributed by atoms with Crippen molar-refractivity contribution < 1.29 is 14.2 Å². The zero-order chi connectivity index (χ0) is 21.3. The van der Waals surface area contributed by atoms with Crippen molar-refractivity contribution in [2.75, 3.05) is 19.5 Å². The molecule has 0 amide bonds. The summed E-state index contributed by atoms with van der Waals surface area (Å²) < 4.78 is 16.9. The molecule has 30 heavy (non-hydrogen) atoms. The van der Waals surface area contributed by atoms with Crippen LogP contribution in [-0.4, -0.2) is 29.9 Å². The molecule has 3 aromatic rings. The number of ether oxygens (including phenoxy) is 3. The van der Waals surface area contributed by atoms with Crippen LogP contribution < -0.4 is 24.8 Å². The van der Waals surface area contributed by atoms with Gasteiger partial charge in [-0.05, 0) is 62.5 Å². The molecule has 1 aliphatic rings. The Labute approximate surface area is 181 Å². The summed E-state index contributed by atoms with van der Waals surface area (Å²) in [5.74, 6) is 2.30. The number of nitrogens with one attached hydrogen (secondary N) is 2. The van der Waals surface area contributed by atoms with E-state index in [4.69, 9.17) is 26.4 Å². The van der Waals surface area contributed by atoms with Gasteiger partial charge in [-0.25, -0.2) is 0 Å². The van der Waals surface area contributed by atoms with Crippen molar-refractivity contribution in [2.24, 2.45) is 0 Å². The molecule has 0 saturated carbocycles. The van der Waals surface area contributed by atoms with Crippen molar-refractivity contribution in [3.8, 4) is 17.2 Å². The van der Waals surface area contributed by atoms with Crippen LogP contribution in [0.2, 0.25) is 0 Å². The van der Waals surface area contributed by atoms with Gasteiger partial charge in [-0.15, -0.1) is 0 Å². The van der Waals surface area contributed by atoms with E-state index < -0.39 is 0 Å². The molecule has 6 nitrogen and oxygen atoms in total. The van der Waals surface area contributed by atoms with E-state index in [1.165, 1.54) is 0 Å². The Morgan fingerprint density at radius 2 is 2.00 bits per heavy atom. The number of aromatic nitrogens is 1. The zero-order valence-electron chi connectivity index (χ0n) is 17.5. The average molecular weight is 424 g/mol. The molecule has 2 N–H and O–H groups in total. The highest BCUT2D eigenvalue weighted by Crippen LogP contribution is 2.41. The highest BCUT2D eigenvalue weighted by Gasteiger charge is 2.34. The van der Waals surface area contributed by atoms with Crippen molar-refractivity contribution in [1.29, 1.82) is 0 Å². The summed E-state index contributed by atoms with van der Waals surface area (Å²) in [5, 5.41) is 8.26. The van der Waals surface area contributed by atoms with Crippen molar-refractivity contribution >= 4 is 33.9 Å². The monoisotopic (exact) mass is 423 g/mol. The van der Waals surface area contributed by atoms with Crippen LogP contribution in [0.25, 0.3) is 10.9 Å². The van der Waals surface area contributed by atoms with Gasteiger partial charge >= 0.3 is 0 Å². The van der Waals surface area contributed by atoms with Crippen LogP contribution in [0.1, 0.15) is 31.9 Å². The first kappa shape index (κ1) is 20.2. The van der Waals surface area contributed by atoms with Crippen LogP contribution >= 0.6 is 12.2 Å². The summed E-state index contributed by atoms with van der Waals surface area (Å²) in [6.45, 7) is 4.15. The number of benzene rings is 2. The number of methoxy groups -OCH3 is 2. The molecule has 0 aliphatic carbocycles. The molecule has 0 bridgehead atoms. The van der Waals surface area contributed by atoms with Crippen molar-refractivity contribution in [2.45, 2.75) is 31.9 Å². The Morgan fingerprint density at radius 3 is 2.77 bits per heavy atom. The van der Waals surface area contributed by atoms with Crippen LogP contribution in [0.15, 0.2) is 48.7 Å². The molecule has 0 spiro atoms. The minimum Gasteiger partial charge on any atom is -0.497 e. The number of thiocarbonyl (C=S) groups is 1. The summed E-state index contributed by atoms with van der Waals surface area (Å²) in [7, 11) is 3.29. The molecule has 0 saturated heterocycles. The smallest absolute Gasteiger partial charge is 0.171 e. The van der Waals surface area contributed by atoms with Crippen molar-refractivity contribution in [3.63, 3.8) is 0 Å². The fourth-order valence-electron chi connectivity index (χ4n) is 3.82. The highest BCUT2D eigenvalue weighted by atomic mass is 32.1. The topological polar surface area (TPSA) is 64.6 Å². The average Bonchev–Trinajstić information content (AvgIpc) is 2.72. The number of anilines is 1. The lowest BCUT2D eigenvalue weighted by Gasteiger charge is -2.38. The largest absolute Gasteiger partial charge is 0.497 e. The third kappa shape index (κ3) is 3.98. The summed E-state index contributed by atoms with van der Waals surface area (Å²) in [4.78, 5) is 4.44. The number of fused-ring (bicyclic) bond motifs is 2. The number of hydrogen-bond donors (Lipinski definition) is 2. The van der Waals surface area contributed by atoms with E-state index in [-0.39, 0.29) is 11.6 Å². The van der Waals surface area contributed by atoms with Gasteiger partial charge in [0.25, 0.3) is 0 Å². The lowest BCUT2D eigenvalue weighted by Crippen LogP contribution is -2.42. The molecule has 1 aromatic heterocycles. The van der Waals surface area contributed by atoms with E-state index in [2.05, 4.69) is 29.5 Å². The first-order valence-electron chi connectivity index (χ1n) is 9.76. The number of rotatable bonds is 4. The van der Waals surface area contributed by atoms with Gasteiger partial charge in [-0.1, -0.05) is 0 Å². The third-order valence-corrected chi connectivity index (χ3v) is 5.40. The maximum atomic E-state index is 6.17. The number of hydrogen-bond acceptors (Lipinski definition) is 5. The lowest BCUT2D eigenvalue weighted by atomic mass is 9.89. The Bertz CT molecular complexity index is 1100. The lowest BCUT2D eigenvalue weighted by molar-refractivity contribution is 0.0693. The molecule has 2 heterocycles. The normalized spacial score (nSPS) is 16.9. The summed E-state index contributed by atoms with van der Waals surface area (Å²) in [5.41, 5.74) is 2.39. The minimum atomic E-state index is -0.330. The SMILES string of the molecule is COc1ccc2c(c1)OC(C)(C)CC2NC(=S)Nc1ccc(OC)c2ncccc12. The molecule has 1 unspecified atom stereocenters. The molecule has 2 aromatic carbocycles. The first-order chi connectivity index (χ1) is 14.4. The third-order valence-electron chi connectivity index (χ3n) is 5.18. The fourth-order valence-corrected chi connectivity index (χ4v) is 4.08. The molecular weight excluding hydrogens is 398 g/mol. The second kappa shape index (κ2) is 7.99. The Morgan fingerprint density at radius 1 is 1.17 bits per heavy atom. The minimum absolute atomic E-state index is 0.0114. The maximum Gasteiger partial charge on any atom is 0.171 e. The van der Waals surface area contributed by atoms with Crippen LogP contribution in [0.5, 0.6) is 17.2 Å². The Balaban J connectivity index is 1.59. The van der Waals surface area contributed by atoms with Gasteiger partial charge in [-0.3, -0.25) is 4.98 Å². The van der Waals surface area contributed by atoms with Crippen molar-refractivity contribution in [3.05, 3.63) is 54.2 Å². The summed E-state index contributed by atoms with van der Waals surface area (Å²) in [6.07, 6.45) is 2.53. The van der Waals surface area contributed by atoms with Crippen LogP contribution in [0.3, 0.4) is 0 Å². The molecule has 0 fully saturated rings. The standard InChI is InChI=1S/C23H25N3O3S/c1-23(2)13-18(15-8-7-14(27-3)12-20(15)29-23)26-22(30)25-17-9-10-19(28-4)21-16(17)6-5-11-24-21/h5-12,18H,13H2,1-4H3,(H2,25,26,30). The molecule has 156 valence electrons. The Hall–Kier alpha value is -3.06. The second-order valence-electron chi connectivity index (χ2n) is 7.84. The second-order valence-corrected chi connectivity index (χ2v) is 8.24. The van der Waals surface area contributed by atoms with Gasteiger partial charge in [0.2, 0.25) is 0 Å². The summed E-state index contributed by atoms with van der Waals surface area (Å²) >= 11 is 5.65. The van der Waals surface area contributed by atoms with E-state index in [1.54, 1.807) is 20.4 Å². The van der Waals surface area contributed by atoms with E-state index >= 15 is 0 Å². The predicted molar refractivity (Wildman–Crippen MR) is 123 cm³/mol. The van der Waals surface area contributed by atoms with E-state index in [9.17, 15) is 0 Å². The van der Waals surface area contributed by atoms with E-state index in [1.807, 2.05) is 42.5 Å². The highest BCUT2D eigenvalue weighted by molar-refractivity contribution is 7.80.